The van der Waals surface area contributed by atoms with Crippen LogP contribution in [0.1, 0.15) is 37.2 Å². The van der Waals surface area contributed by atoms with Crippen LogP contribution in [0.3, 0.4) is 0 Å². The third kappa shape index (κ3) is 2.06. The number of nitrogens with one attached hydrogen (secondary N) is 1. The minimum Gasteiger partial charge on any atom is -0.310 e. The van der Waals surface area contributed by atoms with E-state index in [9.17, 15) is 4.79 Å². The Hall–Kier alpha value is -1.82. The summed E-state index contributed by atoms with van der Waals surface area (Å²) in [7, 11) is 0. The van der Waals surface area contributed by atoms with Crippen LogP contribution >= 0.6 is 0 Å². The number of unbranched alkanes of at least 4 members (excludes halogenated alkanes) is 2. The van der Waals surface area contributed by atoms with E-state index in [4.69, 9.17) is 6.42 Å². The number of nitrogens with zero attached hydrogens (tertiary/aromatic N) is 1. The van der Waals surface area contributed by atoms with Gasteiger partial charge < -0.3 is 5.32 Å². The Morgan fingerprint density at radius 2 is 2.38 bits per heavy atom. The minimum absolute atomic E-state index is 0.0403. The highest BCUT2D eigenvalue weighted by molar-refractivity contribution is 6.01. The van der Waals surface area contributed by atoms with Crippen LogP contribution in [0.5, 0.6) is 0 Å². The van der Waals surface area contributed by atoms with Gasteiger partial charge in [-0.15, -0.1) is 12.3 Å². The Balaban J connectivity index is 2.00. The molecule has 0 aromatic carbocycles. The Morgan fingerprint density at radius 1 is 1.50 bits per heavy atom. The molecule has 1 aromatic heterocycles. The molecule has 1 aliphatic rings. The van der Waals surface area contributed by atoms with E-state index in [0.717, 1.165) is 37.1 Å². The number of aromatic nitrogens is 1. The summed E-state index contributed by atoms with van der Waals surface area (Å²) in [5.41, 5.74) is 1.02. The van der Waals surface area contributed by atoms with Gasteiger partial charge in [0.25, 0.3) is 0 Å². The van der Waals surface area contributed by atoms with Crippen molar-refractivity contribution in [3.05, 3.63) is 23.9 Å². The Labute approximate surface area is 95.3 Å². The minimum atomic E-state index is -0.0403. The number of hydrogen-bond donors (Lipinski definition) is 1. The molecule has 3 heteroatoms. The van der Waals surface area contributed by atoms with Crippen molar-refractivity contribution in [3.63, 3.8) is 0 Å². The van der Waals surface area contributed by atoms with E-state index in [1.165, 1.54) is 0 Å². The normalized spacial score (nSPS) is 17.7. The van der Waals surface area contributed by atoms with Crippen LogP contribution in [0, 0.1) is 12.3 Å². The highest BCUT2D eigenvalue weighted by Gasteiger charge is 2.30. The number of amides is 1. The highest BCUT2D eigenvalue weighted by atomic mass is 16.2. The largest absolute Gasteiger partial charge is 0.310 e. The highest BCUT2D eigenvalue weighted by Crippen LogP contribution is 2.33. The lowest BCUT2D eigenvalue weighted by Crippen LogP contribution is -2.11. The van der Waals surface area contributed by atoms with Gasteiger partial charge in [0.05, 0.1) is 5.92 Å². The van der Waals surface area contributed by atoms with E-state index < -0.39 is 0 Å². The molecule has 1 N–H and O–H groups in total. The van der Waals surface area contributed by atoms with Gasteiger partial charge in [0, 0.05) is 18.2 Å². The third-order valence-corrected chi connectivity index (χ3v) is 2.84. The maximum atomic E-state index is 11.7. The predicted octanol–water partition coefficient (Wildman–Crippen LogP) is 2.31. The fourth-order valence-corrected chi connectivity index (χ4v) is 2.01. The number of anilines is 1. The van der Waals surface area contributed by atoms with Gasteiger partial charge in [-0.25, -0.2) is 4.98 Å². The second-order valence-electron chi connectivity index (χ2n) is 3.93. The van der Waals surface area contributed by atoms with Gasteiger partial charge in [-0.1, -0.05) is 12.5 Å². The predicted molar refractivity (Wildman–Crippen MR) is 62.9 cm³/mol. The lowest BCUT2D eigenvalue weighted by molar-refractivity contribution is -0.117. The van der Waals surface area contributed by atoms with Crippen molar-refractivity contribution in [1.29, 1.82) is 0 Å². The van der Waals surface area contributed by atoms with Crippen LogP contribution in [0.4, 0.5) is 5.82 Å². The molecule has 0 spiro atoms. The number of terminal acetylenes is 1. The first-order chi connectivity index (χ1) is 7.83. The second kappa shape index (κ2) is 4.80. The molecule has 0 saturated heterocycles. The van der Waals surface area contributed by atoms with Crippen molar-refractivity contribution in [2.45, 2.75) is 31.6 Å². The Bertz CT molecular complexity index is 434. The molecule has 0 bridgehead atoms. The number of carbonyl (C=O) groups is 1. The summed E-state index contributed by atoms with van der Waals surface area (Å²) in [4.78, 5) is 15.8. The number of fused-ring (bicyclic) bond motifs is 1. The molecule has 1 atom stereocenters. The number of hydrogen-bond acceptors (Lipinski definition) is 2. The molecule has 0 fully saturated rings. The van der Waals surface area contributed by atoms with E-state index >= 15 is 0 Å². The summed E-state index contributed by atoms with van der Waals surface area (Å²) in [6.07, 6.45) is 10.5. The van der Waals surface area contributed by atoms with E-state index in [-0.39, 0.29) is 11.8 Å². The van der Waals surface area contributed by atoms with Crippen molar-refractivity contribution in [1.82, 2.24) is 4.98 Å². The van der Waals surface area contributed by atoms with Gasteiger partial charge >= 0.3 is 0 Å². The summed E-state index contributed by atoms with van der Waals surface area (Å²) in [5, 5.41) is 2.80. The van der Waals surface area contributed by atoms with Gasteiger partial charge in [0.15, 0.2) is 0 Å². The molecule has 2 heterocycles. The van der Waals surface area contributed by atoms with Gasteiger partial charge in [-0.2, -0.15) is 0 Å². The second-order valence-corrected chi connectivity index (χ2v) is 3.93. The average molecular weight is 214 g/mol. The molecule has 82 valence electrons. The average Bonchev–Trinajstić information content (AvgIpc) is 2.61. The standard InChI is InChI=1S/C13H14N2O/c1-2-3-4-5-7-11-10-8-6-9-14-12(10)15-13(11)16/h1,6,8-9,11H,3-5,7H2,(H,14,15,16). The molecule has 3 nitrogen and oxygen atoms in total. The number of carbonyl (C=O) groups excluding carboxylic acids is 1. The van der Waals surface area contributed by atoms with Crippen LogP contribution in [0.2, 0.25) is 0 Å². The van der Waals surface area contributed by atoms with Gasteiger partial charge in [0.1, 0.15) is 5.82 Å². The fourth-order valence-electron chi connectivity index (χ4n) is 2.01. The Morgan fingerprint density at radius 3 is 3.19 bits per heavy atom. The topological polar surface area (TPSA) is 42.0 Å². The van der Waals surface area contributed by atoms with Crippen molar-refractivity contribution in [3.8, 4) is 12.3 Å². The summed E-state index contributed by atoms with van der Waals surface area (Å²) in [6, 6.07) is 3.83. The smallest absolute Gasteiger partial charge is 0.233 e. The molecular weight excluding hydrogens is 200 g/mol. The summed E-state index contributed by atoms with van der Waals surface area (Å²) in [6.45, 7) is 0. The maximum absolute atomic E-state index is 11.7. The molecular formula is C13H14N2O. The van der Waals surface area contributed by atoms with E-state index in [1.807, 2.05) is 12.1 Å². The zero-order chi connectivity index (χ0) is 11.4. The molecule has 1 aliphatic heterocycles. The van der Waals surface area contributed by atoms with Crippen LogP contribution in [0.15, 0.2) is 18.3 Å². The van der Waals surface area contributed by atoms with E-state index in [2.05, 4.69) is 16.2 Å². The number of rotatable bonds is 4. The molecule has 1 amide bonds. The van der Waals surface area contributed by atoms with Crippen LogP contribution in [0.25, 0.3) is 0 Å². The molecule has 0 aliphatic carbocycles. The first kappa shape index (κ1) is 10.7. The quantitative estimate of drug-likeness (QED) is 0.617. The van der Waals surface area contributed by atoms with Gasteiger partial charge in [-0.3, -0.25) is 4.79 Å². The fraction of sp³-hybridized carbons (Fsp3) is 0.385. The lowest BCUT2D eigenvalue weighted by atomic mass is 9.96. The van der Waals surface area contributed by atoms with E-state index in [1.54, 1.807) is 6.20 Å². The van der Waals surface area contributed by atoms with Crippen molar-refractivity contribution in [2.75, 3.05) is 5.32 Å². The van der Waals surface area contributed by atoms with Gasteiger partial charge in [-0.05, 0) is 18.9 Å². The zero-order valence-corrected chi connectivity index (χ0v) is 9.07. The third-order valence-electron chi connectivity index (χ3n) is 2.84. The number of pyridine rings is 1. The summed E-state index contributed by atoms with van der Waals surface area (Å²) >= 11 is 0. The molecule has 0 saturated carbocycles. The first-order valence-corrected chi connectivity index (χ1v) is 5.52. The van der Waals surface area contributed by atoms with E-state index in [0.29, 0.717) is 0 Å². The van der Waals surface area contributed by atoms with Crippen LogP contribution in [-0.4, -0.2) is 10.9 Å². The SMILES string of the molecule is C#CCCCCC1C(=O)Nc2ncccc21. The van der Waals surface area contributed by atoms with Crippen molar-refractivity contribution < 1.29 is 4.79 Å². The Kier molecular flexibility index (Phi) is 3.21. The molecule has 1 aromatic rings. The summed E-state index contributed by atoms with van der Waals surface area (Å²) in [5.74, 6) is 3.35. The van der Waals surface area contributed by atoms with Crippen LogP contribution < -0.4 is 5.32 Å². The monoisotopic (exact) mass is 214 g/mol. The first-order valence-electron chi connectivity index (χ1n) is 5.52. The molecule has 1 unspecified atom stereocenters. The lowest BCUT2D eigenvalue weighted by Gasteiger charge is -2.06. The molecule has 2 rings (SSSR count). The zero-order valence-electron chi connectivity index (χ0n) is 9.07. The van der Waals surface area contributed by atoms with Gasteiger partial charge in [0.2, 0.25) is 5.91 Å². The van der Waals surface area contributed by atoms with Crippen LogP contribution in [-0.2, 0) is 4.79 Å². The maximum Gasteiger partial charge on any atom is 0.233 e. The van der Waals surface area contributed by atoms with Crippen molar-refractivity contribution >= 4 is 11.7 Å². The molecule has 16 heavy (non-hydrogen) atoms. The molecule has 0 radical (unpaired) electrons. The van der Waals surface area contributed by atoms with Crippen molar-refractivity contribution in [2.24, 2.45) is 0 Å². The summed E-state index contributed by atoms with van der Waals surface area (Å²) < 4.78 is 0.